The second-order valence-electron chi connectivity index (χ2n) is 5.35. The molecular formula is C14H27N3O2. The number of carbonyl (C=O) groups is 2. The minimum absolute atomic E-state index is 0.265. The van der Waals surface area contributed by atoms with Gasteiger partial charge in [0.1, 0.15) is 0 Å². The summed E-state index contributed by atoms with van der Waals surface area (Å²) in [5.74, 6) is 0.667. The average molecular weight is 269 g/mol. The summed E-state index contributed by atoms with van der Waals surface area (Å²) in [5, 5.41) is 0. The Labute approximate surface area is 116 Å². The molecule has 1 heterocycles. The van der Waals surface area contributed by atoms with Crippen molar-refractivity contribution < 1.29 is 9.59 Å². The number of rotatable bonds is 6. The van der Waals surface area contributed by atoms with Crippen LogP contribution >= 0.6 is 0 Å². The van der Waals surface area contributed by atoms with E-state index in [-0.39, 0.29) is 11.9 Å². The van der Waals surface area contributed by atoms with E-state index < -0.39 is 0 Å². The van der Waals surface area contributed by atoms with Crippen molar-refractivity contribution in [3.8, 4) is 0 Å². The summed E-state index contributed by atoms with van der Waals surface area (Å²) in [6, 6.07) is -0.344. The van der Waals surface area contributed by atoms with E-state index in [0.717, 1.165) is 38.8 Å². The van der Waals surface area contributed by atoms with Crippen LogP contribution in [0.2, 0.25) is 0 Å². The molecule has 1 aliphatic heterocycles. The van der Waals surface area contributed by atoms with E-state index in [1.165, 1.54) is 0 Å². The molecule has 0 saturated carbocycles. The third kappa shape index (κ3) is 5.09. The number of piperidine rings is 1. The minimum Gasteiger partial charge on any atom is -0.351 e. The van der Waals surface area contributed by atoms with Crippen LogP contribution in [0, 0.1) is 5.92 Å². The highest BCUT2D eigenvalue weighted by Gasteiger charge is 2.24. The third-order valence-electron chi connectivity index (χ3n) is 3.73. The van der Waals surface area contributed by atoms with Gasteiger partial charge in [0.15, 0.2) is 0 Å². The fourth-order valence-electron chi connectivity index (χ4n) is 2.63. The van der Waals surface area contributed by atoms with E-state index in [0.29, 0.717) is 25.4 Å². The number of nitrogens with zero attached hydrogens (tertiary/aromatic N) is 2. The molecule has 1 rings (SSSR count). The minimum atomic E-state index is -0.344. The van der Waals surface area contributed by atoms with E-state index in [1.54, 1.807) is 4.90 Å². The van der Waals surface area contributed by atoms with Crippen molar-refractivity contribution >= 4 is 11.9 Å². The van der Waals surface area contributed by atoms with Gasteiger partial charge in [-0.05, 0) is 31.6 Å². The number of nitrogens with two attached hydrogens (primary N) is 1. The molecule has 5 heteroatoms. The van der Waals surface area contributed by atoms with Gasteiger partial charge in [-0.25, -0.2) is 4.79 Å². The van der Waals surface area contributed by atoms with Crippen LogP contribution in [0.3, 0.4) is 0 Å². The van der Waals surface area contributed by atoms with E-state index in [1.807, 2.05) is 4.90 Å². The fraction of sp³-hybridized carbons (Fsp3) is 0.857. The summed E-state index contributed by atoms with van der Waals surface area (Å²) in [6.45, 7) is 7.28. The Morgan fingerprint density at radius 1 is 1.16 bits per heavy atom. The molecule has 1 fully saturated rings. The van der Waals surface area contributed by atoms with Crippen molar-refractivity contribution in [2.75, 3.05) is 26.2 Å². The Bertz CT molecular complexity index is 293. The van der Waals surface area contributed by atoms with E-state index >= 15 is 0 Å². The monoisotopic (exact) mass is 269 g/mol. The molecule has 2 N–H and O–H groups in total. The van der Waals surface area contributed by atoms with Gasteiger partial charge in [0.05, 0.1) is 0 Å². The second kappa shape index (κ2) is 8.02. The molecule has 0 radical (unpaired) electrons. The maximum Gasteiger partial charge on any atom is 0.314 e. The lowest BCUT2D eigenvalue weighted by atomic mass is 9.93. The molecule has 1 saturated heterocycles. The summed E-state index contributed by atoms with van der Waals surface area (Å²) in [6.07, 6.45) is 4.41. The smallest absolute Gasteiger partial charge is 0.314 e. The lowest BCUT2D eigenvalue weighted by Crippen LogP contribution is -2.42. The van der Waals surface area contributed by atoms with Gasteiger partial charge >= 0.3 is 6.03 Å². The lowest BCUT2D eigenvalue weighted by molar-refractivity contribution is -0.132. The van der Waals surface area contributed by atoms with E-state index in [4.69, 9.17) is 5.73 Å². The Kier molecular flexibility index (Phi) is 6.67. The predicted octanol–water partition coefficient (Wildman–Crippen LogP) is 1.82. The van der Waals surface area contributed by atoms with Crippen LogP contribution in [-0.4, -0.2) is 47.9 Å². The van der Waals surface area contributed by atoms with E-state index in [9.17, 15) is 9.59 Å². The van der Waals surface area contributed by atoms with Gasteiger partial charge in [0.25, 0.3) is 0 Å². The van der Waals surface area contributed by atoms with Crippen LogP contribution in [0.5, 0.6) is 0 Å². The van der Waals surface area contributed by atoms with Gasteiger partial charge in [-0.15, -0.1) is 0 Å². The topological polar surface area (TPSA) is 66.6 Å². The molecule has 0 aromatic heterocycles. The van der Waals surface area contributed by atoms with Gasteiger partial charge in [0, 0.05) is 32.6 Å². The number of carbonyl (C=O) groups excluding carboxylic acids is 2. The van der Waals surface area contributed by atoms with E-state index in [2.05, 4.69) is 13.8 Å². The highest BCUT2D eigenvalue weighted by Crippen LogP contribution is 2.21. The molecule has 3 amide bonds. The second-order valence-corrected chi connectivity index (χ2v) is 5.35. The first-order valence-corrected chi connectivity index (χ1v) is 7.40. The van der Waals surface area contributed by atoms with Gasteiger partial charge in [0.2, 0.25) is 5.91 Å². The summed E-state index contributed by atoms with van der Waals surface area (Å²) in [7, 11) is 0. The maximum absolute atomic E-state index is 12.2. The molecule has 0 atom stereocenters. The lowest BCUT2D eigenvalue weighted by Gasteiger charge is -2.31. The molecule has 19 heavy (non-hydrogen) atoms. The molecular weight excluding hydrogens is 242 g/mol. The highest BCUT2D eigenvalue weighted by atomic mass is 16.2. The third-order valence-corrected chi connectivity index (χ3v) is 3.73. The molecule has 0 bridgehead atoms. The Morgan fingerprint density at radius 3 is 2.11 bits per heavy atom. The summed E-state index contributed by atoms with van der Waals surface area (Å²) in [5.41, 5.74) is 5.25. The van der Waals surface area contributed by atoms with Crippen LogP contribution in [0.15, 0.2) is 0 Å². The van der Waals surface area contributed by atoms with Gasteiger partial charge in [-0.1, -0.05) is 13.8 Å². The van der Waals surface area contributed by atoms with Gasteiger partial charge in [-0.2, -0.15) is 0 Å². The Hall–Kier alpha value is -1.26. The van der Waals surface area contributed by atoms with Crippen LogP contribution in [0.25, 0.3) is 0 Å². The normalized spacial score (nSPS) is 16.4. The zero-order chi connectivity index (χ0) is 14.3. The first kappa shape index (κ1) is 15.8. The van der Waals surface area contributed by atoms with Crippen LogP contribution < -0.4 is 5.73 Å². The molecule has 0 unspecified atom stereocenters. The Morgan fingerprint density at radius 2 is 1.68 bits per heavy atom. The summed E-state index contributed by atoms with van der Waals surface area (Å²) in [4.78, 5) is 26.9. The maximum atomic E-state index is 12.2. The highest BCUT2D eigenvalue weighted by molar-refractivity contribution is 5.76. The van der Waals surface area contributed by atoms with Gasteiger partial charge < -0.3 is 15.5 Å². The van der Waals surface area contributed by atoms with Crippen molar-refractivity contribution in [1.29, 1.82) is 0 Å². The first-order valence-electron chi connectivity index (χ1n) is 7.40. The molecule has 1 aliphatic rings. The first-order chi connectivity index (χ1) is 9.08. The van der Waals surface area contributed by atoms with Crippen molar-refractivity contribution in [3.63, 3.8) is 0 Å². The molecule has 0 aromatic rings. The quantitative estimate of drug-likeness (QED) is 0.799. The summed E-state index contributed by atoms with van der Waals surface area (Å²) < 4.78 is 0. The van der Waals surface area contributed by atoms with Crippen molar-refractivity contribution in [3.05, 3.63) is 0 Å². The molecule has 0 spiro atoms. The number of hydrogen-bond acceptors (Lipinski definition) is 2. The number of primary amides is 1. The van der Waals surface area contributed by atoms with Gasteiger partial charge in [-0.3, -0.25) is 4.79 Å². The average Bonchev–Trinajstić information content (AvgIpc) is 2.39. The number of urea groups is 1. The number of amides is 3. The van der Waals surface area contributed by atoms with Crippen LogP contribution in [0.4, 0.5) is 4.79 Å². The summed E-state index contributed by atoms with van der Waals surface area (Å²) >= 11 is 0. The largest absolute Gasteiger partial charge is 0.351 e. The predicted molar refractivity (Wildman–Crippen MR) is 75.7 cm³/mol. The fourth-order valence-corrected chi connectivity index (χ4v) is 2.63. The molecule has 110 valence electrons. The number of likely N-dealkylation sites (tertiary alicyclic amines) is 1. The zero-order valence-corrected chi connectivity index (χ0v) is 12.2. The van der Waals surface area contributed by atoms with Crippen molar-refractivity contribution in [2.24, 2.45) is 11.7 Å². The molecule has 0 aliphatic carbocycles. The van der Waals surface area contributed by atoms with Crippen LogP contribution in [-0.2, 0) is 4.79 Å². The Balaban J connectivity index is 2.38. The molecule has 5 nitrogen and oxygen atoms in total. The SMILES string of the molecule is CCCN(CCC)C(=O)CC1CCN(C(N)=O)CC1. The van der Waals surface area contributed by atoms with Crippen LogP contribution in [0.1, 0.15) is 46.0 Å². The van der Waals surface area contributed by atoms with Crippen molar-refractivity contribution in [1.82, 2.24) is 9.80 Å². The number of hydrogen-bond donors (Lipinski definition) is 1. The zero-order valence-electron chi connectivity index (χ0n) is 12.2. The standard InChI is InChI=1S/C14H27N3O2/c1-3-7-16(8-4-2)13(18)11-12-5-9-17(10-6-12)14(15)19/h12H,3-11H2,1-2H3,(H2,15,19). The van der Waals surface area contributed by atoms with Crippen molar-refractivity contribution in [2.45, 2.75) is 46.0 Å². The molecule has 0 aromatic carbocycles.